The van der Waals surface area contributed by atoms with Gasteiger partial charge in [-0.25, -0.2) is 0 Å². The molecule has 2 nitrogen and oxygen atoms in total. The summed E-state index contributed by atoms with van der Waals surface area (Å²) in [7, 11) is 0. The van der Waals surface area contributed by atoms with Gasteiger partial charge < -0.3 is 10.5 Å². The van der Waals surface area contributed by atoms with E-state index < -0.39 is 0 Å². The predicted molar refractivity (Wildman–Crippen MR) is 85.9 cm³/mol. The summed E-state index contributed by atoms with van der Waals surface area (Å²) in [6.45, 7) is 7.08. The van der Waals surface area contributed by atoms with Gasteiger partial charge in [0.05, 0.1) is 6.10 Å². The van der Waals surface area contributed by atoms with E-state index in [9.17, 15) is 0 Å². The third-order valence-electron chi connectivity index (χ3n) is 3.77. The smallest absolute Gasteiger partial charge is 0.0751 e. The van der Waals surface area contributed by atoms with Crippen LogP contribution >= 0.6 is 0 Å². The summed E-state index contributed by atoms with van der Waals surface area (Å²) < 4.78 is 5.82. The number of rotatable bonds is 6. The molecule has 0 aromatic heterocycles. The molecule has 2 aromatic carbocycles. The van der Waals surface area contributed by atoms with Gasteiger partial charge in [0.2, 0.25) is 0 Å². The molecule has 0 aliphatic rings. The van der Waals surface area contributed by atoms with Gasteiger partial charge in [-0.15, -0.1) is 0 Å². The fourth-order valence-corrected chi connectivity index (χ4v) is 2.84. The third kappa shape index (κ3) is 3.38. The number of fused-ring (bicyclic) bond motifs is 1. The van der Waals surface area contributed by atoms with E-state index >= 15 is 0 Å². The van der Waals surface area contributed by atoms with Crippen LogP contribution in [0, 0.1) is 5.92 Å². The highest BCUT2D eigenvalue weighted by atomic mass is 16.5. The van der Waals surface area contributed by atoms with E-state index in [4.69, 9.17) is 10.5 Å². The molecule has 0 bridgehead atoms. The fraction of sp³-hybridized carbons (Fsp3) is 0.444. The SMILES string of the molecule is CCOC(C(C)C)C(N)Cc1cccc2ccccc12. The largest absolute Gasteiger partial charge is 0.377 e. The number of nitrogens with two attached hydrogens (primary N) is 1. The summed E-state index contributed by atoms with van der Waals surface area (Å²) in [5.74, 6) is 0.430. The minimum atomic E-state index is 0.0285. The monoisotopic (exact) mass is 271 g/mol. The molecule has 20 heavy (non-hydrogen) atoms. The zero-order valence-electron chi connectivity index (χ0n) is 12.7. The Balaban J connectivity index is 2.22. The minimum absolute atomic E-state index is 0.0285. The van der Waals surface area contributed by atoms with Crippen LogP contribution in [0.4, 0.5) is 0 Å². The Morgan fingerprint density at radius 1 is 1.05 bits per heavy atom. The quantitative estimate of drug-likeness (QED) is 0.868. The van der Waals surface area contributed by atoms with Crippen LogP contribution in [-0.2, 0) is 11.2 Å². The lowest BCUT2D eigenvalue weighted by Crippen LogP contribution is -2.42. The molecule has 0 saturated carbocycles. The standard InChI is InChI=1S/C18H25NO/c1-4-20-18(13(2)3)17(19)12-15-10-7-9-14-8-5-6-11-16(14)15/h5-11,13,17-18H,4,12,19H2,1-3H3. The Bertz CT molecular complexity index is 545. The van der Waals surface area contributed by atoms with Gasteiger partial charge in [0.1, 0.15) is 0 Å². The molecule has 0 heterocycles. The minimum Gasteiger partial charge on any atom is -0.377 e. The lowest BCUT2D eigenvalue weighted by Gasteiger charge is -2.27. The maximum absolute atomic E-state index is 6.40. The van der Waals surface area contributed by atoms with E-state index in [2.05, 4.69) is 56.3 Å². The molecule has 0 saturated heterocycles. The Morgan fingerprint density at radius 2 is 1.75 bits per heavy atom. The number of hydrogen-bond acceptors (Lipinski definition) is 2. The average molecular weight is 271 g/mol. The molecule has 2 heteroatoms. The van der Waals surface area contributed by atoms with Crippen LogP contribution in [0.3, 0.4) is 0 Å². The average Bonchev–Trinajstić information content (AvgIpc) is 2.44. The lowest BCUT2D eigenvalue weighted by atomic mass is 9.92. The van der Waals surface area contributed by atoms with Gasteiger partial charge in [-0.05, 0) is 35.6 Å². The summed E-state index contributed by atoms with van der Waals surface area (Å²) in [4.78, 5) is 0. The second kappa shape index (κ2) is 6.87. The molecule has 0 spiro atoms. The first-order valence-corrected chi connectivity index (χ1v) is 7.47. The summed E-state index contributed by atoms with van der Waals surface area (Å²) in [6.07, 6.45) is 0.962. The van der Waals surface area contributed by atoms with Crippen LogP contribution in [0.15, 0.2) is 42.5 Å². The van der Waals surface area contributed by atoms with Gasteiger partial charge in [0, 0.05) is 12.6 Å². The molecule has 2 unspecified atom stereocenters. The van der Waals surface area contributed by atoms with E-state index in [-0.39, 0.29) is 12.1 Å². The van der Waals surface area contributed by atoms with Gasteiger partial charge in [-0.2, -0.15) is 0 Å². The van der Waals surface area contributed by atoms with E-state index in [1.165, 1.54) is 16.3 Å². The van der Waals surface area contributed by atoms with Crippen molar-refractivity contribution in [1.29, 1.82) is 0 Å². The van der Waals surface area contributed by atoms with Crippen LogP contribution in [0.5, 0.6) is 0 Å². The molecule has 0 aliphatic heterocycles. The Hall–Kier alpha value is -1.38. The summed E-state index contributed by atoms with van der Waals surface area (Å²) >= 11 is 0. The first kappa shape index (κ1) is 15.0. The van der Waals surface area contributed by atoms with Gasteiger partial charge in [-0.3, -0.25) is 0 Å². The van der Waals surface area contributed by atoms with Crippen molar-refractivity contribution in [1.82, 2.24) is 0 Å². The first-order chi connectivity index (χ1) is 9.63. The van der Waals surface area contributed by atoms with E-state index in [1.54, 1.807) is 0 Å². The fourth-order valence-electron chi connectivity index (χ4n) is 2.84. The molecular formula is C18H25NO. The van der Waals surface area contributed by atoms with Gasteiger partial charge in [-0.1, -0.05) is 56.3 Å². The summed E-state index contributed by atoms with van der Waals surface area (Å²) in [5.41, 5.74) is 7.71. The molecule has 2 atom stereocenters. The second-order valence-electron chi connectivity index (χ2n) is 5.67. The first-order valence-electron chi connectivity index (χ1n) is 7.47. The summed E-state index contributed by atoms with van der Waals surface area (Å²) in [6, 6.07) is 14.9. The topological polar surface area (TPSA) is 35.2 Å². The Kier molecular flexibility index (Phi) is 5.16. The summed E-state index contributed by atoms with van der Waals surface area (Å²) in [5, 5.41) is 2.57. The zero-order valence-corrected chi connectivity index (χ0v) is 12.7. The molecule has 0 radical (unpaired) electrons. The van der Waals surface area contributed by atoms with Crippen LogP contribution in [0.2, 0.25) is 0 Å². The van der Waals surface area contributed by atoms with Crippen molar-refractivity contribution in [3.63, 3.8) is 0 Å². The molecule has 0 fully saturated rings. The van der Waals surface area contributed by atoms with Crippen LogP contribution in [0.25, 0.3) is 10.8 Å². The van der Waals surface area contributed by atoms with Crippen molar-refractivity contribution >= 4 is 10.8 Å². The van der Waals surface area contributed by atoms with Crippen molar-refractivity contribution in [3.8, 4) is 0 Å². The van der Waals surface area contributed by atoms with Gasteiger partial charge in [0.25, 0.3) is 0 Å². The van der Waals surface area contributed by atoms with Gasteiger partial charge in [0.15, 0.2) is 0 Å². The van der Waals surface area contributed by atoms with E-state index in [0.29, 0.717) is 12.5 Å². The highest BCUT2D eigenvalue weighted by molar-refractivity contribution is 5.85. The molecule has 2 N–H and O–H groups in total. The maximum Gasteiger partial charge on any atom is 0.0751 e. The molecule has 0 amide bonds. The molecular weight excluding hydrogens is 246 g/mol. The zero-order chi connectivity index (χ0) is 14.5. The highest BCUT2D eigenvalue weighted by Gasteiger charge is 2.22. The highest BCUT2D eigenvalue weighted by Crippen LogP contribution is 2.21. The normalized spacial score (nSPS) is 14.7. The van der Waals surface area contributed by atoms with E-state index in [0.717, 1.165) is 6.42 Å². The number of benzene rings is 2. The van der Waals surface area contributed by atoms with Crippen LogP contribution in [-0.4, -0.2) is 18.8 Å². The van der Waals surface area contributed by atoms with Crippen molar-refractivity contribution in [2.24, 2.45) is 11.7 Å². The van der Waals surface area contributed by atoms with Crippen molar-refractivity contribution in [2.45, 2.75) is 39.3 Å². The number of ether oxygens (including phenoxy) is 1. The Morgan fingerprint density at radius 3 is 2.45 bits per heavy atom. The molecule has 108 valence electrons. The van der Waals surface area contributed by atoms with Crippen molar-refractivity contribution < 1.29 is 4.74 Å². The van der Waals surface area contributed by atoms with Gasteiger partial charge >= 0.3 is 0 Å². The predicted octanol–water partition coefficient (Wildman–Crippen LogP) is 3.77. The second-order valence-corrected chi connectivity index (χ2v) is 5.67. The third-order valence-corrected chi connectivity index (χ3v) is 3.77. The van der Waals surface area contributed by atoms with E-state index in [1.807, 2.05) is 6.92 Å². The Labute approximate surface area is 121 Å². The molecule has 0 aliphatic carbocycles. The van der Waals surface area contributed by atoms with Crippen LogP contribution in [0.1, 0.15) is 26.3 Å². The number of hydrogen-bond donors (Lipinski definition) is 1. The van der Waals surface area contributed by atoms with Crippen LogP contribution < -0.4 is 5.73 Å². The molecule has 2 rings (SSSR count). The van der Waals surface area contributed by atoms with Crippen molar-refractivity contribution in [2.75, 3.05) is 6.61 Å². The maximum atomic E-state index is 6.40. The lowest BCUT2D eigenvalue weighted by molar-refractivity contribution is 0.0128. The molecule has 2 aromatic rings. The van der Waals surface area contributed by atoms with Crippen molar-refractivity contribution in [3.05, 3.63) is 48.0 Å².